The molecule has 0 saturated carbocycles. The predicted molar refractivity (Wildman–Crippen MR) is 58.6 cm³/mol. The Morgan fingerprint density at radius 3 is 3.00 bits per heavy atom. The number of rotatable bonds is 2. The highest BCUT2D eigenvalue weighted by Crippen LogP contribution is 2.27. The average Bonchev–Trinajstić information content (AvgIpc) is 2.71. The van der Waals surface area contributed by atoms with Crippen LogP contribution in [0.1, 0.15) is 9.67 Å². The van der Waals surface area contributed by atoms with Gasteiger partial charge in [0.1, 0.15) is 11.2 Å². The van der Waals surface area contributed by atoms with E-state index in [1.807, 2.05) is 0 Å². The Morgan fingerprint density at radius 1 is 1.53 bits per heavy atom. The number of thiophene rings is 1. The first-order chi connectivity index (χ1) is 7.26. The van der Waals surface area contributed by atoms with E-state index in [2.05, 4.69) is 20.7 Å². The van der Waals surface area contributed by atoms with E-state index in [-0.39, 0.29) is 5.91 Å². The monoisotopic (exact) mass is 223 g/mol. The third-order valence-corrected chi connectivity index (χ3v) is 2.96. The molecule has 2 aromatic heterocycles. The Kier molecular flexibility index (Phi) is 2.48. The lowest BCUT2D eigenvalue weighted by Gasteiger charge is -1.97. The summed E-state index contributed by atoms with van der Waals surface area (Å²) in [7, 11) is 1.58. The molecule has 1 amide bonds. The van der Waals surface area contributed by atoms with Gasteiger partial charge in [-0.05, 0) is 6.07 Å². The zero-order valence-electron chi connectivity index (χ0n) is 7.94. The quantitative estimate of drug-likeness (QED) is 0.504. The van der Waals surface area contributed by atoms with Gasteiger partial charge in [-0.3, -0.25) is 4.79 Å². The van der Waals surface area contributed by atoms with Gasteiger partial charge < -0.3 is 10.7 Å². The van der Waals surface area contributed by atoms with E-state index >= 15 is 0 Å². The summed E-state index contributed by atoms with van der Waals surface area (Å²) in [5, 5.41) is 3.30. The zero-order chi connectivity index (χ0) is 10.8. The maximum Gasteiger partial charge on any atom is 0.261 e. The van der Waals surface area contributed by atoms with E-state index in [4.69, 9.17) is 5.84 Å². The molecular weight excluding hydrogens is 214 g/mol. The van der Waals surface area contributed by atoms with Crippen molar-refractivity contribution in [2.45, 2.75) is 0 Å². The van der Waals surface area contributed by atoms with E-state index in [1.54, 1.807) is 13.1 Å². The van der Waals surface area contributed by atoms with Crippen LogP contribution >= 0.6 is 11.3 Å². The normalized spacial score (nSPS) is 10.3. The van der Waals surface area contributed by atoms with Crippen molar-refractivity contribution in [1.29, 1.82) is 0 Å². The largest absolute Gasteiger partial charge is 0.354 e. The maximum absolute atomic E-state index is 11.4. The fourth-order valence-electron chi connectivity index (χ4n) is 1.21. The molecule has 0 aliphatic carbocycles. The van der Waals surface area contributed by atoms with Crippen LogP contribution in [0.4, 0.5) is 5.82 Å². The number of aromatic nitrogens is 2. The number of amides is 1. The number of anilines is 1. The van der Waals surface area contributed by atoms with E-state index in [0.717, 1.165) is 10.2 Å². The van der Waals surface area contributed by atoms with E-state index in [1.165, 1.54) is 17.7 Å². The average molecular weight is 223 g/mol. The summed E-state index contributed by atoms with van der Waals surface area (Å²) in [6.45, 7) is 0. The number of hydrazine groups is 1. The third kappa shape index (κ3) is 1.62. The molecule has 0 fully saturated rings. The second-order valence-electron chi connectivity index (χ2n) is 2.78. The molecule has 15 heavy (non-hydrogen) atoms. The molecule has 0 bridgehead atoms. The van der Waals surface area contributed by atoms with E-state index < -0.39 is 0 Å². The highest BCUT2D eigenvalue weighted by molar-refractivity contribution is 7.20. The minimum Gasteiger partial charge on any atom is -0.354 e. The molecule has 78 valence electrons. The molecule has 0 radical (unpaired) electrons. The summed E-state index contributed by atoms with van der Waals surface area (Å²) < 4.78 is 0. The van der Waals surface area contributed by atoms with Crippen molar-refractivity contribution in [3.8, 4) is 0 Å². The Bertz CT molecular complexity index is 509. The fraction of sp³-hybridized carbons (Fsp3) is 0.125. The standard InChI is InChI=1S/C8H9N5OS/c1-10-7(14)5-2-4-6(13-9)11-3-12-8(4)15-5/h2-3H,9H2,1H3,(H,10,14)(H,11,12,13). The second kappa shape index (κ2) is 3.79. The summed E-state index contributed by atoms with van der Waals surface area (Å²) in [6, 6.07) is 1.72. The number of nitrogens with two attached hydrogens (primary N) is 1. The highest BCUT2D eigenvalue weighted by atomic mass is 32.1. The van der Waals surface area contributed by atoms with Crippen LogP contribution in [0.25, 0.3) is 10.2 Å². The second-order valence-corrected chi connectivity index (χ2v) is 3.81. The molecule has 0 saturated heterocycles. The first-order valence-corrected chi connectivity index (χ1v) is 5.01. The molecule has 6 nitrogen and oxygen atoms in total. The van der Waals surface area contributed by atoms with Gasteiger partial charge in [-0.2, -0.15) is 0 Å². The van der Waals surface area contributed by atoms with Crippen LogP contribution in [0.3, 0.4) is 0 Å². The van der Waals surface area contributed by atoms with E-state index in [0.29, 0.717) is 10.7 Å². The molecule has 0 unspecified atom stereocenters. The summed E-state index contributed by atoms with van der Waals surface area (Å²) >= 11 is 1.30. The highest BCUT2D eigenvalue weighted by Gasteiger charge is 2.11. The summed E-state index contributed by atoms with van der Waals surface area (Å²) in [6.07, 6.45) is 1.40. The SMILES string of the molecule is CNC(=O)c1cc2c(NN)ncnc2s1. The number of hydrogen-bond acceptors (Lipinski definition) is 6. The molecular formula is C8H9N5OS. The van der Waals surface area contributed by atoms with Gasteiger partial charge in [0, 0.05) is 7.05 Å². The molecule has 2 heterocycles. The van der Waals surface area contributed by atoms with Gasteiger partial charge in [0.2, 0.25) is 0 Å². The Labute approximate surface area is 89.5 Å². The van der Waals surface area contributed by atoms with Gasteiger partial charge in [-0.1, -0.05) is 0 Å². The number of carbonyl (C=O) groups excluding carboxylic acids is 1. The molecule has 4 N–H and O–H groups in total. The number of nitrogens with one attached hydrogen (secondary N) is 2. The van der Waals surface area contributed by atoms with Crippen molar-refractivity contribution in [3.63, 3.8) is 0 Å². The number of hydrogen-bond donors (Lipinski definition) is 3. The van der Waals surface area contributed by atoms with Crippen LogP contribution in [0.2, 0.25) is 0 Å². The Hall–Kier alpha value is -1.73. The molecule has 0 aliphatic rings. The molecule has 2 aromatic rings. The fourth-order valence-corrected chi connectivity index (χ4v) is 2.15. The summed E-state index contributed by atoms with van der Waals surface area (Å²) in [5.74, 6) is 5.68. The minimum atomic E-state index is -0.138. The van der Waals surface area contributed by atoms with Crippen molar-refractivity contribution in [2.75, 3.05) is 12.5 Å². The molecule has 2 rings (SSSR count). The zero-order valence-corrected chi connectivity index (χ0v) is 8.76. The van der Waals surface area contributed by atoms with Crippen LogP contribution in [0, 0.1) is 0 Å². The molecule has 0 aromatic carbocycles. The summed E-state index contributed by atoms with van der Waals surface area (Å²) in [4.78, 5) is 20.7. The van der Waals surface area contributed by atoms with Gasteiger partial charge in [-0.25, -0.2) is 15.8 Å². The first-order valence-electron chi connectivity index (χ1n) is 4.19. The maximum atomic E-state index is 11.4. The van der Waals surface area contributed by atoms with Gasteiger partial charge in [0.15, 0.2) is 5.82 Å². The van der Waals surface area contributed by atoms with Gasteiger partial charge in [-0.15, -0.1) is 11.3 Å². The molecule has 0 aliphatic heterocycles. The van der Waals surface area contributed by atoms with Crippen LogP contribution in [-0.4, -0.2) is 22.9 Å². The number of nitrogen functional groups attached to an aromatic ring is 1. The number of nitrogens with zero attached hydrogens (tertiary/aromatic N) is 2. The van der Waals surface area contributed by atoms with Crippen molar-refractivity contribution in [3.05, 3.63) is 17.3 Å². The van der Waals surface area contributed by atoms with Gasteiger partial charge in [0.25, 0.3) is 5.91 Å². The Morgan fingerprint density at radius 2 is 2.33 bits per heavy atom. The minimum absolute atomic E-state index is 0.138. The topological polar surface area (TPSA) is 92.9 Å². The third-order valence-electron chi connectivity index (χ3n) is 1.92. The predicted octanol–water partition coefficient (Wildman–Crippen LogP) is 0.336. The van der Waals surface area contributed by atoms with Crippen molar-refractivity contribution in [2.24, 2.45) is 5.84 Å². The lowest BCUT2D eigenvalue weighted by atomic mass is 10.3. The van der Waals surface area contributed by atoms with Gasteiger partial charge >= 0.3 is 0 Å². The van der Waals surface area contributed by atoms with Crippen LogP contribution in [0.5, 0.6) is 0 Å². The summed E-state index contributed by atoms with van der Waals surface area (Å²) in [5.41, 5.74) is 2.46. The van der Waals surface area contributed by atoms with Gasteiger partial charge in [0.05, 0.1) is 10.3 Å². The van der Waals surface area contributed by atoms with Crippen LogP contribution < -0.4 is 16.6 Å². The lowest BCUT2D eigenvalue weighted by Crippen LogP contribution is -2.16. The Balaban J connectivity index is 2.60. The van der Waals surface area contributed by atoms with Crippen molar-refractivity contribution >= 4 is 33.3 Å². The van der Waals surface area contributed by atoms with E-state index in [9.17, 15) is 4.79 Å². The lowest BCUT2D eigenvalue weighted by molar-refractivity contribution is 0.0967. The van der Waals surface area contributed by atoms with Crippen molar-refractivity contribution < 1.29 is 4.79 Å². The smallest absolute Gasteiger partial charge is 0.261 e. The van der Waals surface area contributed by atoms with Crippen LogP contribution in [-0.2, 0) is 0 Å². The van der Waals surface area contributed by atoms with Crippen LogP contribution in [0.15, 0.2) is 12.4 Å². The number of fused-ring (bicyclic) bond motifs is 1. The first kappa shape index (κ1) is 9.81. The molecule has 0 spiro atoms. The molecule has 7 heteroatoms. The number of carbonyl (C=O) groups is 1. The van der Waals surface area contributed by atoms with Crippen molar-refractivity contribution in [1.82, 2.24) is 15.3 Å². The molecule has 0 atom stereocenters.